The van der Waals surface area contributed by atoms with Crippen LogP contribution in [-0.2, 0) is 10.0 Å². The summed E-state index contributed by atoms with van der Waals surface area (Å²) in [6, 6.07) is 20.6. The van der Waals surface area contributed by atoms with Gasteiger partial charge in [0.2, 0.25) is 0 Å². The lowest BCUT2D eigenvalue weighted by Crippen LogP contribution is -2.18. The molecule has 0 bridgehead atoms. The van der Waals surface area contributed by atoms with Gasteiger partial charge in [0.05, 0.1) is 4.90 Å². The van der Waals surface area contributed by atoms with Crippen molar-refractivity contribution in [2.75, 3.05) is 17.1 Å². The Morgan fingerprint density at radius 1 is 0.690 bits per heavy atom. The molecule has 0 radical (unpaired) electrons. The Bertz CT molecular complexity index is 1110. The third-order valence-corrected chi connectivity index (χ3v) is 5.48. The lowest BCUT2D eigenvalue weighted by atomic mass is 10.1. The second-order valence-electron chi connectivity index (χ2n) is 6.11. The highest BCUT2D eigenvalue weighted by Gasteiger charge is 2.14. The Morgan fingerprint density at radius 3 is 1.76 bits per heavy atom. The van der Waals surface area contributed by atoms with Gasteiger partial charge in [0.25, 0.3) is 21.8 Å². The summed E-state index contributed by atoms with van der Waals surface area (Å²) >= 11 is 0. The summed E-state index contributed by atoms with van der Waals surface area (Å²) in [6.45, 7) is 0. The molecule has 148 valence electrons. The van der Waals surface area contributed by atoms with Crippen LogP contribution in [-0.4, -0.2) is 27.3 Å². The SMILES string of the molecule is CNC(=O)c1ccc(NC(=O)c2ccc(NS(=O)(=O)c3ccccc3)cc2)cc1. The summed E-state index contributed by atoms with van der Waals surface area (Å²) in [5, 5.41) is 5.25. The minimum Gasteiger partial charge on any atom is -0.355 e. The molecule has 3 aromatic carbocycles. The zero-order chi connectivity index (χ0) is 20.9. The van der Waals surface area contributed by atoms with Gasteiger partial charge in [-0.05, 0) is 60.7 Å². The predicted octanol–water partition coefficient (Wildman–Crippen LogP) is 3.10. The molecule has 0 spiro atoms. The van der Waals surface area contributed by atoms with Crippen LogP contribution < -0.4 is 15.4 Å². The maximum absolute atomic E-state index is 12.4. The lowest BCUT2D eigenvalue weighted by Gasteiger charge is -2.09. The number of hydrogen-bond donors (Lipinski definition) is 3. The number of rotatable bonds is 6. The van der Waals surface area contributed by atoms with Crippen molar-refractivity contribution in [3.05, 3.63) is 90.0 Å². The zero-order valence-corrected chi connectivity index (χ0v) is 16.4. The Hall–Kier alpha value is -3.65. The Morgan fingerprint density at radius 2 is 1.21 bits per heavy atom. The summed E-state index contributed by atoms with van der Waals surface area (Å²) in [5.74, 6) is -0.563. The molecule has 8 heteroatoms. The number of carbonyl (C=O) groups is 2. The van der Waals surface area contributed by atoms with Gasteiger partial charge >= 0.3 is 0 Å². The van der Waals surface area contributed by atoms with Gasteiger partial charge in [0.1, 0.15) is 0 Å². The van der Waals surface area contributed by atoms with Crippen LogP contribution in [0.3, 0.4) is 0 Å². The average Bonchev–Trinajstić information content (AvgIpc) is 2.74. The van der Waals surface area contributed by atoms with Crippen molar-refractivity contribution in [2.24, 2.45) is 0 Å². The van der Waals surface area contributed by atoms with Crippen LogP contribution in [0, 0.1) is 0 Å². The monoisotopic (exact) mass is 409 g/mol. The van der Waals surface area contributed by atoms with Crippen molar-refractivity contribution in [3.63, 3.8) is 0 Å². The molecule has 0 unspecified atom stereocenters. The fraction of sp³-hybridized carbons (Fsp3) is 0.0476. The van der Waals surface area contributed by atoms with E-state index in [0.717, 1.165) is 0 Å². The summed E-state index contributed by atoms with van der Waals surface area (Å²) in [5.41, 5.74) is 1.74. The van der Waals surface area contributed by atoms with Gasteiger partial charge in [-0.2, -0.15) is 0 Å². The molecule has 0 aliphatic carbocycles. The van der Waals surface area contributed by atoms with Crippen molar-refractivity contribution < 1.29 is 18.0 Å². The topological polar surface area (TPSA) is 104 Å². The molecule has 0 heterocycles. The zero-order valence-electron chi connectivity index (χ0n) is 15.5. The summed E-state index contributed by atoms with van der Waals surface area (Å²) in [6.07, 6.45) is 0. The van der Waals surface area contributed by atoms with Gasteiger partial charge in [-0.3, -0.25) is 14.3 Å². The van der Waals surface area contributed by atoms with Gasteiger partial charge in [-0.1, -0.05) is 18.2 Å². The number of sulfonamides is 1. The van der Waals surface area contributed by atoms with E-state index in [1.807, 2.05) is 0 Å². The van der Waals surface area contributed by atoms with Crippen LogP contribution in [0.4, 0.5) is 11.4 Å². The van der Waals surface area contributed by atoms with Gasteiger partial charge in [-0.15, -0.1) is 0 Å². The quantitative estimate of drug-likeness (QED) is 0.582. The van der Waals surface area contributed by atoms with Gasteiger partial charge < -0.3 is 10.6 Å². The highest BCUT2D eigenvalue weighted by atomic mass is 32.2. The molecule has 0 aromatic heterocycles. The van der Waals surface area contributed by atoms with Gasteiger partial charge in [0.15, 0.2) is 0 Å². The molecular weight excluding hydrogens is 390 g/mol. The predicted molar refractivity (Wildman–Crippen MR) is 111 cm³/mol. The maximum atomic E-state index is 12.4. The first kappa shape index (κ1) is 20.1. The first-order chi connectivity index (χ1) is 13.9. The fourth-order valence-electron chi connectivity index (χ4n) is 2.56. The van der Waals surface area contributed by atoms with Crippen molar-refractivity contribution in [1.82, 2.24) is 5.32 Å². The molecule has 3 rings (SSSR count). The average molecular weight is 409 g/mol. The Kier molecular flexibility index (Phi) is 5.94. The number of hydrogen-bond acceptors (Lipinski definition) is 4. The second-order valence-corrected chi connectivity index (χ2v) is 7.79. The normalized spacial score (nSPS) is 10.8. The number of benzene rings is 3. The Balaban J connectivity index is 1.66. The fourth-order valence-corrected chi connectivity index (χ4v) is 3.64. The number of carbonyl (C=O) groups excluding carboxylic acids is 2. The smallest absolute Gasteiger partial charge is 0.261 e. The van der Waals surface area contributed by atoms with E-state index in [1.165, 1.54) is 36.4 Å². The van der Waals surface area contributed by atoms with Crippen LogP contribution in [0.2, 0.25) is 0 Å². The molecular formula is C21H19N3O4S. The van der Waals surface area contributed by atoms with E-state index >= 15 is 0 Å². The molecule has 2 amide bonds. The van der Waals surface area contributed by atoms with Crippen LogP contribution >= 0.6 is 0 Å². The van der Waals surface area contributed by atoms with Crippen molar-refractivity contribution in [1.29, 1.82) is 0 Å². The maximum Gasteiger partial charge on any atom is 0.261 e. The molecule has 0 fully saturated rings. The highest BCUT2D eigenvalue weighted by molar-refractivity contribution is 7.92. The van der Waals surface area contributed by atoms with Crippen LogP contribution in [0.1, 0.15) is 20.7 Å². The molecule has 7 nitrogen and oxygen atoms in total. The molecule has 0 aliphatic heterocycles. The van der Waals surface area contributed by atoms with Crippen LogP contribution in [0.15, 0.2) is 83.8 Å². The van der Waals surface area contributed by atoms with Crippen molar-refractivity contribution >= 4 is 33.2 Å². The summed E-state index contributed by atoms with van der Waals surface area (Å²) < 4.78 is 27.2. The second kappa shape index (κ2) is 8.57. The number of nitrogens with one attached hydrogen (secondary N) is 3. The van der Waals surface area contributed by atoms with E-state index in [2.05, 4.69) is 15.4 Å². The van der Waals surface area contributed by atoms with E-state index < -0.39 is 10.0 Å². The number of anilines is 2. The first-order valence-electron chi connectivity index (χ1n) is 8.70. The summed E-state index contributed by atoms with van der Waals surface area (Å²) in [4.78, 5) is 24.1. The van der Waals surface area contributed by atoms with Crippen molar-refractivity contribution in [2.45, 2.75) is 4.90 Å². The molecule has 3 N–H and O–H groups in total. The third kappa shape index (κ3) is 4.99. The summed E-state index contributed by atoms with van der Waals surface area (Å²) in [7, 11) is -2.15. The van der Waals surface area contributed by atoms with Gasteiger partial charge in [0, 0.05) is 29.5 Å². The van der Waals surface area contributed by atoms with E-state index in [4.69, 9.17) is 0 Å². The molecule has 29 heavy (non-hydrogen) atoms. The highest BCUT2D eigenvalue weighted by Crippen LogP contribution is 2.17. The van der Waals surface area contributed by atoms with E-state index in [9.17, 15) is 18.0 Å². The molecule has 0 saturated carbocycles. The van der Waals surface area contributed by atoms with Crippen LogP contribution in [0.25, 0.3) is 0 Å². The standard InChI is InChI=1S/C21H19N3O4S/c1-22-20(25)15-7-11-17(12-8-15)23-21(26)16-9-13-18(14-10-16)24-29(27,28)19-5-3-2-4-6-19/h2-14,24H,1H3,(H,22,25)(H,23,26). The minimum absolute atomic E-state index is 0.155. The molecule has 0 aliphatic rings. The van der Waals surface area contributed by atoms with E-state index in [-0.39, 0.29) is 16.7 Å². The van der Waals surface area contributed by atoms with E-state index in [0.29, 0.717) is 22.5 Å². The largest absolute Gasteiger partial charge is 0.355 e. The van der Waals surface area contributed by atoms with E-state index in [1.54, 1.807) is 49.5 Å². The van der Waals surface area contributed by atoms with Gasteiger partial charge in [-0.25, -0.2) is 8.42 Å². The molecule has 0 saturated heterocycles. The molecule has 3 aromatic rings. The Labute approximate surface area is 168 Å². The minimum atomic E-state index is -3.69. The lowest BCUT2D eigenvalue weighted by molar-refractivity contribution is 0.0962. The third-order valence-electron chi connectivity index (χ3n) is 4.08. The van der Waals surface area contributed by atoms with Crippen LogP contribution in [0.5, 0.6) is 0 Å². The number of amides is 2. The molecule has 0 atom stereocenters. The van der Waals surface area contributed by atoms with Crippen molar-refractivity contribution in [3.8, 4) is 0 Å². The first-order valence-corrected chi connectivity index (χ1v) is 10.2.